The first kappa shape index (κ1) is 27.1. The van der Waals surface area contributed by atoms with E-state index in [4.69, 9.17) is 9.16 Å². The standard InChI is InChI=1S/C23H50O3Si/c1-7-8-9-10-11-12-13-14-15-16-17-18-19-25-20-22(24)21-26-27(5,6)23(2,3)4/h22,24H,7-21H2,1-6H3. The molecule has 0 saturated carbocycles. The highest BCUT2D eigenvalue weighted by Gasteiger charge is 2.37. The largest absolute Gasteiger partial charge is 0.414 e. The fourth-order valence-electron chi connectivity index (χ4n) is 2.83. The minimum absolute atomic E-state index is 0.183. The molecule has 1 atom stereocenters. The monoisotopic (exact) mass is 402 g/mol. The van der Waals surface area contributed by atoms with Gasteiger partial charge in [-0.05, 0) is 24.6 Å². The molecule has 164 valence electrons. The molecule has 0 bridgehead atoms. The zero-order chi connectivity index (χ0) is 20.6. The maximum absolute atomic E-state index is 10.0. The van der Waals surface area contributed by atoms with Crippen molar-refractivity contribution in [1.82, 2.24) is 0 Å². The highest BCUT2D eigenvalue weighted by atomic mass is 28.4. The van der Waals surface area contributed by atoms with Crippen LogP contribution in [-0.2, 0) is 9.16 Å². The molecule has 0 aliphatic rings. The fraction of sp³-hybridized carbons (Fsp3) is 1.00. The summed E-state index contributed by atoms with van der Waals surface area (Å²) in [5.74, 6) is 0. The first-order valence-electron chi connectivity index (χ1n) is 11.6. The van der Waals surface area contributed by atoms with Crippen molar-refractivity contribution in [2.75, 3.05) is 19.8 Å². The third-order valence-corrected chi connectivity index (χ3v) is 10.4. The minimum Gasteiger partial charge on any atom is -0.414 e. The van der Waals surface area contributed by atoms with E-state index in [2.05, 4.69) is 40.8 Å². The SMILES string of the molecule is CCCCCCCCCCCCCCOCC(O)CO[Si](C)(C)C(C)(C)C. The van der Waals surface area contributed by atoms with Crippen LogP contribution >= 0.6 is 0 Å². The highest BCUT2D eigenvalue weighted by Crippen LogP contribution is 2.36. The Morgan fingerprint density at radius 3 is 1.63 bits per heavy atom. The van der Waals surface area contributed by atoms with Gasteiger partial charge in [0.1, 0.15) is 0 Å². The summed E-state index contributed by atoms with van der Waals surface area (Å²) in [6.07, 6.45) is 15.8. The van der Waals surface area contributed by atoms with Crippen LogP contribution in [0.5, 0.6) is 0 Å². The Bertz CT molecular complexity index is 326. The number of unbranched alkanes of at least 4 members (excludes halogenated alkanes) is 11. The molecule has 0 rings (SSSR count). The summed E-state index contributed by atoms with van der Waals surface area (Å²) in [4.78, 5) is 0. The number of ether oxygens (including phenoxy) is 1. The first-order valence-corrected chi connectivity index (χ1v) is 14.5. The normalized spacial score (nSPS) is 13.9. The van der Waals surface area contributed by atoms with Crippen LogP contribution in [0.15, 0.2) is 0 Å². The first-order chi connectivity index (χ1) is 12.7. The summed E-state index contributed by atoms with van der Waals surface area (Å²) < 4.78 is 11.7. The summed E-state index contributed by atoms with van der Waals surface area (Å²) >= 11 is 0. The Kier molecular flexibility index (Phi) is 16.0. The molecule has 0 radical (unpaired) electrons. The van der Waals surface area contributed by atoms with Crippen LogP contribution in [0.4, 0.5) is 0 Å². The maximum Gasteiger partial charge on any atom is 0.192 e. The van der Waals surface area contributed by atoms with E-state index in [0.717, 1.165) is 13.0 Å². The van der Waals surface area contributed by atoms with Gasteiger partial charge >= 0.3 is 0 Å². The average molecular weight is 403 g/mol. The fourth-order valence-corrected chi connectivity index (χ4v) is 3.88. The lowest BCUT2D eigenvalue weighted by Crippen LogP contribution is -2.43. The molecule has 27 heavy (non-hydrogen) atoms. The van der Waals surface area contributed by atoms with Gasteiger partial charge in [-0.1, -0.05) is 98.3 Å². The van der Waals surface area contributed by atoms with E-state index in [-0.39, 0.29) is 5.04 Å². The maximum atomic E-state index is 10.0. The van der Waals surface area contributed by atoms with Crippen LogP contribution in [0.3, 0.4) is 0 Å². The van der Waals surface area contributed by atoms with Crippen molar-refractivity contribution < 1.29 is 14.3 Å². The quantitative estimate of drug-likeness (QED) is 0.196. The minimum atomic E-state index is -1.77. The molecule has 0 saturated heterocycles. The molecule has 0 aromatic rings. The topological polar surface area (TPSA) is 38.7 Å². The molecular formula is C23H50O3Si. The molecule has 0 spiro atoms. The van der Waals surface area contributed by atoms with Crippen molar-refractivity contribution in [3.05, 3.63) is 0 Å². The van der Waals surface area contributed by atoms with E-state index in [0.29, 0.717) is 13.2 Å². The zero-order valence-corrected chi connectivity index (χ0v) is 20.4. The summed E-state index contributed by atoms with van der Waals surface area (Å²) in [5.41, 5.74) is 0. The van der Waals surface area contributed by atoms with E-state index in [1.807, 2.05) is 0 Å². The second-order valence-electron chi connectivity index (χ2n) is 9.69. The highest BCUT2D eigenvalue weighted by molar-refractivity contribution is 6.74. The van der Waals surface area contributed by atoms with Crippen molar-refractivity contribution in [2.45, 2.75) is 129 Å². The molecule has 0 aliphatic carbocycles. The Hall–Kier alpha value is 0.0969. The third kappa shape index (κ3) is 15.7. The van der Waals surface area contributed by atoms with Gasteiger partial charge in [0.15, 0.2) is 8.32 Å². The van der Waals surface area contributed by atoms with Crippen LogP contribution in [0.1, 0.15) is 105 Å². The van der Waals surface area contributed by atoms with Gasteiger partial charge in [-0.15, -0.1) is 0 Å². The van der Waals surface area contributed by atoms with Crippen LogP contribution in [0.2, 0.25) is 18.1 Å². The summed E-state index contributed by atoms with van der Waals surface area (Å²) in [6.45, 7) is 14.9. The Balaban J connectivity index is 3.37. The molecular weight excluding hydrogens is 352 g/mol. The lowest BCUT2D eigenvalue weighted by Gasteiger charge is -2.36. The molecule has 1 N–H and O–H groups in total. The predicted molar refractivity (Wildman–Crippen MR) is 121 cm³/mol. The number of hydrogen-bond donors (Lipinski definition) is 1. The van der Waals surface area contributed by atoms with Gasteiger partial charge in [0.25, 0.3) is 0 Å². The summed E-state index contributed by atoms with van der Waals surface area (Å²) in [7, 11) is -1.77. The van der Waals surface area contributed by atoms with Crippen LogP contribution in [0, 0.1) is 0 Å². The molecule has 3 nitrogen and oxygen atoms in total. The van der Waals surface area contributed by atoms with Gasteiger partial charge in [0.2, 0.25) is 0 Å². The predicted octanol–water partition coefficient (Wildman–Crippen LogP) is 7.09. The van der Waals surface area contributed by atoms with E-state index >= 15 is 0 Å². The summed E-state index contributed by atoms with van der Waals surface area (Å²) in [5, 5.41) is 10.2. The van der Waals surface area contributed by atoms with Gasteiger partial charge in [-0.2, -0.15) is 0 Å². The number of rotatable bonds is 18. The second-order valence-corrected chi connectivity index (χ2v) is 14.5. The molecule has 0 aliphatic heterocycles. The van der Waals surface area contributed by atoms with Crippen molar-refractivity contribution in [3.8, 4) is 0 Å². The van der Waals surface area contributed by atoms with E-state index < -0.39 is 14.4 Å². The smallest absolute Gasteiger partial charge is 0.192 e. The molecule has 0 fully saturated rings. The number of aliphatic hydroxyl groups is 1. The van der Waals surface area contributed by atoms with Gasteiger partial charge in [-0.25, -0.2) is 0 Å². The molecule has 0 aromatic carbocycles. The molecule has 0 amide bonds. The van der Waals surface area contributed by atoms with E-state index in [9.17, 15) is 5.11 Å². The lowest BCUT2D eigenvalue weighted by molar-refractivity contribution is 0.00808. The van der Waals surface area contributed by atoms with Gasteiger partial charge in [0.05, 0.1) is 19.3 Å². The van der Waals surface area contributed by atoms with Gasteiger partial charge in [-0.3, -0.25) is 0 Å². The second kappa shape index (κ2) is 16.0. The van der Waals surface area contributed by atoms with Crippen LogP contribution in [0.25, 0.3) is 0 Å². The molecule has 0 aromatic heterocycles. The number of aliphatic hydroxyl groups excluding tert-OH is 1. The van der Waals surface area contributed by atoms with Crippen molar-refractivity contribution >= 4 is 8.32 Å². The van der Waals surface area contributed by atoms with Gasteiger partial charge in [0, 0.05) is 6.61 Å². The lowest BCUT2D eigenvalue weighted by atomic mass is 10.1. The number of hydrogen-bond acceptors (Lipinski definition) is 3. The molecule has 4 heteroatoms. The van der Waals surface area contributed by atoms with Gasteiger partial charge < -0.3 is 14.3 Å². The third-order valence-electron chi connectivity index (χ3n) is 5.90. The van der Waals surface area contributed by atoms with Crippen LogP contribution in [-0.4, -0.2) is 39.3 Å². The van der Waals surface area contributed by atoms with E-state index in [1.165, 1.54) is 70.6 Å². The Morgan fingerprint density at radius 1 is 0.741 bits per heavy atom. The Labute approximate surface area is 171 Å². The average Bonchev–Trinajstić information content (AvgIpc) is 2.59. The van der Waals surface area contributed by atoms with Crippen molar-refractivity contribution in [3.63, 3.8) is 0 Å². The summed E-state index contributed by atoms with van der Waals surface area (Å²) in [6, 6.07) is 0. The van der Waals surface area contributed by atoms with Crippen molar-refractivity contribution in [2.24, 2.45) is 0 Å². The van der Waals surface area contributed by atoms with E-state index in [1.54, 1.807) is 0 Å². The Morgan fingerprint density at radius 2 is 1.19 bits per heavy atom. The molecule has 0 heterocycles. The van der Waals surface area contributed by atoms with Crippen molar-refractivity contribution in [1.29, 1.82) is 0 Å². The molecule has 1 unspecified atom stereocenters. The zero-order valence-electron chi connectivity index (χ0n) is 19.4. The van der Waals surface area contributed by atoms with Crippen LogP contribution < -0.4 is 0 Å².